The Labute approximate surface area is 282 Å². The van der Waals surface area contributed by atoms with Gasteiger partial charge in [0.25, 0.3) is 0 Å². The number of nitrogens with zero attached hydrogens (tertiary/aromatic N) is 2. The van der Waals surface area contributed by atoms with Crippen LogP contribution in [-0.4, -0.2) is 4.98 Å². The molecular formula is C45H28N2O2. The number of aromatic nitrogens is 1. The Morgan fingerprint density at radius 1 is 0.429 bits per heavy atom. The number of anilines is 3. The van der Waals surface area contributed by atoms with Crippen molar-refractivity contribution in [3.63, 3.8) is 0 Å². The molecule has 10 aromatic rings. The van der Waals surface area contributed by atoms with E-state index in [1.54, 1.807) is 0 Å². The Balaban J connectivity index is 1.11. The van der Waals surface area contributed by atoms with E-state index in [0.717, 1.165) is 82.8 Å². The summed E-state index contributed by atoms with van der Waals surface area (Å²) in [6.45, 7) is 0. The van der Waals surface area contributed by atoms with Crippen LogP contribution in [0.5, 0.6) is 0 Å². The standard InChI is InChI=1S/C45H28N2O2/c1-2-7-29(8-3-1)30-13-18-33(19-14-30)47(35-22-23-39-43(27-35)48-42-24-17-32-25-26-46-28-40(32)44(39)42)34-20-15-31(16-21-34)36-10-6-11-38-37-9-4-5-12-41(37)49-45(36)38/h1-28H. The van der Waals surface area contributed by atoms with Crippen LogP contribution in [-0.2, 0) is 0 Å². The number of rotatable bonds is 5. The quantitative estimate of drug-likeness (QED) is 0.190. The first-order valence-corrected chi connectivity index (χ1v) is 16.4. The predicted molar refractivity (Wildman–Crippen MR) is 202 cm³/mol. The fourth-order valence-corrected chi connectivity index (χ4v) is 7.21. The average Bonchev–Trinajstić information content (AvgIpc) is 3.74. The molecule has 0 bridgehead atoms. The molecule has 0 unspecified atom stereocenters. The fourth-order valence-electron chi connectivity index (χ4n) is 7.21. The van der Waals surface area contributed by atoms with Crippen molar-refractivity contribution in [1.82, 2.24) is 4.98 Å². The Morgan fingerprint density at radius 2 is 1.14 bits per heavy atom. The van der Waals surface area contributed by atoms with Crippen molar-refractivity contribution in [2.75, 3.05) is 4.90 Å². The lowest BCUT2D eigenvalue weighted by atomic mass is 10.0. The van der Waals surface area contributed by atoms with Crippen molar-refractivity contribution in [1.29, 1.82) is 0 Å². The minimum atomic E-state index is 0.836. The molecule has 0 atom stereocenters. The van der Waals surface area contributed by atoms with Crippen LogP contribution in [0, 0.1) is 0 Å². The second-order valence-electron chi connectivity index (χ2n) is 12.4. The van der Waals surface area contributed by atoms with Gasteiger partial charge in [-0.05, 0) is 76.7 Å². The van der Waals surface area contributed by atoms with Crippen LogP contribution in [0.2, 0.25) is 0 Å². The van der Waals surface area contributed by atoms with Crippen molar-refractivity contribution >= 4 is 71.7 Å². The summed E-state index contributed by atoms with van der Waals surface area (Å²) >= 11 is 0. The summed E-state index contributed by atoms with van der Waals surface area (Å²) in [7, 11) is 0. The maximum atomic E-state index is 6.48. The molecule has 0 fully saturated rings. The molecule has 7 aromatic carbocycles. The van der Waals surface area contributed by atoms with Crippen molar-refractivity contribution in [2.24, 2.45) is 0 Å². The molecule has 0 radical (unpaired) electrons. The van der Waals surface area contributed by atoms with Crippen LogP contribution in [0.3, 0.4) is 0 Å². The monoisotopic (exact) mass is 628 g/mol. The van der Waals surface area contributed by atoms with Crippen LogP contribution in [0.1, 0.15) is 0 Å². The van der Waals surface area contributed by atoms with Gasteiger partial charge in [0.05, 0.1) is 0 Å². The molecule has 10 rings (SSSR count). The van der Waals surface area contributed by atoms with Gasteiger partial charge >= 0.3 is 0 Å². The lowest BCUT2D eigenvalue weighted by Gasteiger charge is -2.26. The fraction of sp³-hybridized carbons (Fsp3) is 0. The summed E-state index contributed by atoms with van der Waals surface area (Å²) in [6.07, 6.45) is 3.76. The smallest absolute Gasteiger partial charge is 0.143 e. The van der Waals surface area contributed by atoms with E-state index >= 15 is 0 Å². The van der Waals surface area contributed by atoms with Gasteiger partial charge in [-0.1, -0.05) is 97.1 Å². The minimum Gasteiger partial charge on any atom is -0.456 e. The van der Waals surface area contributed by atoms with Gasteiger partial charge in [0.15, 0.2) is 0 Å². The molecule has 3 heterocycles. The summed E-state index contributed by atoms with van der Waals surface area (Å²) in [5.74, 6) is 0. The molecule has 49 heavy (non-hydrogen) atoms. The molecule has 0 saturated carbocycles. The van der Waals surface area contributed by atoms with Gasteiger partial charge in [0.1, 0.15) is 22.3 Å². The van der Waals surface area contributed by atoms with E-state index in [0.29, 0.717) is 0 Å². The van der Waals surface area contributed by atoms with Crippen LogP contribution < -0.4 is 4.90 Å². The first kappa shape index (κ1) is 27.5. The van der Waals surface area contributed by atoms with E-state index in [1.807, 2.05) is 36.7 Å². The van der Waals surface area contributed by atoms with E-state index in [1.165, 1.54) is 11.1 Å². The highest BCUT2D eigenvalue weighted by atomic mass is 16.3. The van der Waals surface area contributed by atoms with Gasteiger partial charge in [0, 0.05) is 68.0 Å². The van der Waals surface area contributed by atoms with E-state index in [9.17, 15) is 0 Å². The maximum Gasteiger partial charge on any atom is 0.143 e. The van der Waals surface area contributed by atoms with Crippen molar-refractivity contribution < 1.29 is 8.83 Å². The molecule has 4 nitrogen and oxygen atoms in total. The zero-order valence-corrected chi connectivity index (χ0v) is 26.4. The molecule has 230 valence electrons. The predicted octanol–water partition coefficient (Wildman–Crippen LogP) is 12.8. The summed E-state index contributed by atoms with van der Waals surface area (Å²) in [4.78, 5) is 6.69. The van der Waals surface area contributed by atoms with Gasteiger partial charge in [-0.2, -0.15) is 0 Å². The Kier molecular flexibility index (Phi) is 6.15. The Morgan fingerprint density at radius 3 is 1.98 bits per heavy atom. The molecular weight excluding hydrogens is 601 g/mol. The zero-order chi connectivity index (χ0) is 32.3. The molecule has 0 N–H and O–H groups in total. The third-order valence-corrected chi connectivity index (χ3v) is 9.57. The van der Waals surface area contributed by atoms with E-state index in [4.69, 9.17) is 8.83 Å². The van der Waals surface area contributed by atoms with Gasteiger partial charge < -0.3 is 13.7 Å². The number of para-hydroxylation sites is 2. The third-order valence-electron chi connectivity index (χ3n) is 9.57. The Bertz CT molecular complexity index is 2810. The highest BCUT2D eigenvalue weighted by Gasteiger charge is 2.18. The summed E-state index contributed by atoms with van der Waals surface area (Å²) in [5, 5.41) is 6.66. The number of hydrogen-bond donors (Lipinski definition) is 0. The first-order chi connectivity index (χ1) is 24.3. The molecule has 0 aliphatic heterocycles. The lowest BCUT2D eigenvalue weighted by Crippen LogP contribution is -2.09. The second-order valence-corrected chi connectivity index (χ2v) is 12.4. The highest BCUT2D eigenvalue weighted by Crippen LogP contribution is 2.42. The molecule has 0 spiro atoms. The highest BCUT2D eigenvalue weighted by molar-refractivity contribution is 6.19. The normalized spacial score (nSPS) is 11.7. The van der Waals surface area contributed by atoms with E-state index in [2.05, 4.69) is 143 Å². The topological polar surface area (TPSA) is 42.4 Å². The molecule has 3 aromatic heterocycles. The number of pyridine rings is 1. The van der Waals surface area contributed by atoms with Crippen molar-refractivity contribution in [3.05, 3.63) is 170 Å². The molecule has 0 saturated heterocycles. The van der Waals surface area contributed by atoms with Crippen LogP contribution in [0.25, 0.3) is 76.9 Å². The minimum absolute atomic E-state index is 0.836. The SMILES string of the molecule is c1ccc(-c2ccc(N(c3ccc(-c4cccc5c4oc4ccccc45)cc3)c3ccc4c(c3)oc3ccc5ccncc5c34)cc2)cc1. The van der Waals surface area contributed by atoms with Crippen LogP contribution >= 0.6 is 0 Å². The Hall–Kier alpha value is -6.65. The molecule has 0 aliphatic carbocycles. The van der Waals surface area contributed by atoms with E-state index in [-0.39, 0.29) is 0 Å². The summed E-state index contributed by atoms with van der Waals surface area (Å²) in [6, 6.07) is 55.2. The second kappa shape index (κ2) is 11.0. The summed E-state index contributed by atoms with van der Waals surface area (Å²) < 4.78 is 12.8. The molecule has 0 amide bonds. The first-order valence-electron chi connectivity index (χ1n) is 16.4. The number of hydrogen-bond acceptors (Lipinski definition) is 4. The number of furan rings is 2. The molecule has 4 heteroatoms. The van der Waals surface area contributed by atoms with Gasteiger partial charge in [-0.3, -0.25) is 4.98 Å². The number of fused-ring (bicyclic) bond motifs is 8. The largest absolute Gasteiger partial charge is 0.456 e. The average molecular weight is 629 g/mol. The lowest BCUT2D eigenvalue weighted by molar-refractivity contribution is 0.669. The summed E-state index contributed by atoms with van der Waals surface area (Å²) in [5.41, 5.74) is 11.1. The van der Waals surface area contributed by atoms with Crippen LogP contribution in [0.15, 0.2) is 179 Å². The van der Waals surface area contributed by atoms with E-state index < -0.39 is 0 Å². The maximum absolute atomic E-state index is 6.48. The van der Waals surface area contributed by atoms with Gasteiger partial charge in [-0.25, -0.2) is 0 Å². The molecule has 0 aliphatic rings. The van der Waals surface area contributed by atoms with Gasteiger partial charge in [-0.15, -0.1) is 0 Å². The van der Waals surface area contributed by atoms with Crippen LogP contribution in [0.4, 0.5) is 17.1 Å². The third kappa shape index (κ3) is 4.49. The van der Waals surface area contributed by atoms with Gasteiger partial charge in [0.2, 0.25) is 0 Å². The number of benzene rings is 7. The van der Waals surface area contributed by atoms with Crippen molar-refractivity contribution in [2.45, 2.75) is 0 Å². The van der Waals surface area contributed by atoms with Crippen molar-refractivity contribution in [3.8, 4) is 22.3 Å². The zero-order valence-electron chi connectivity index (χ0n) is 26.4.